The lowest BCUT2D eigenvalue weighted by atomic mass is 10.1. The van der Waals surface area contributed by atoms with Gasteiger partial charge in [-0.1, -0.05) is 0 Å². The van der Waals surface area contributed by atoms with Gasteiger partial charge in [0, 0.05) is 25.1 Å². The summed E-state index contributed by atoms with van der Waals surface area (Å²) in [6.07, 6.45) is 8.23. The van der Waals surface area contributed by atoms with E-state index in [1.165, 1.54) is 16.8 Å². The Labute approximate surface area is 130 Å². The van der Waals surface area contributed by atoms with E-state index in [4.69, 9.17) is 4.74 Å². The summed E-state index contributed by atoms with van der Waals surface area (Å²) in [6.45, 7) is 5.84. The molecule has 2 aromatic rings. The highest BCUT2D eigenvalue weighted by molar-refractivity contribution is 5.26. The smallest absolute Gasteiger partial charge is 0.215 e. The predicted octanol–water partition coefficient (Wildman–Crippen LogP) is 1.84. The van der Waals surface area contributed by atoms with E-state index in [9.17, 15) is 0 Å². The molecule has 0 saturated heterocycles. The molecule has 2 aliphatic heterocycles. The summed E-state index contributed by atoms with van der Waals surface area (Å²) in [7, 11) is 0. The second kappa shape index (κ2) is 5.76. The van der Waals surface area contributed by atoms with Crippen molar-refractivity contribution in [2.24, 2.45) is 0 Å². The third-order valence-electron chi connectivity index (χ3n) is 4.72. The first-order chi connectivity index (χ1) is 10.8. The van der Waals surface area contributed by atoms with Gasteiger partial charge in [-0.25, -0.2) is 4.68 Å². The summed E-state index contributed by atoms with van der Waals surface area (Å²) >= 11 is 0. The molecular weight excluding hydrogens is 278 g/mol. The zero-order valence-electron chi connectivity index (χ0n) is 13.1. The molecule has 0 bridgehead atoms. The molecule has 0 aromatic carbocycles. The van der Waals surface area contributed by atoms with Crippen LogP contribution in [0.1, 0.15) is 42.1 Å². The van der Waals surface area contributed by atoms with Crippen molar-refractivity contribution >= 4 is 0 Å². The zero-order chi connectivity index (χ0) is 14.9. The molecule has 118 valence electrons. The van der Waals surface area contributed by atoms with Crippen LogP contribution in [0.3, 0.4) is 0 Å². The molecule has 4 rings (SSSR count). The first kappa shape index (κ1) is 13.8. The highest BCUT2D eigenvalue weighted by atomic mass is 16.5. The van der Waals surface area contributed by atoms with Gasteiger partial charge in [-0.15, -0.1) is 0 Å². The average molecular weight is 301 g/mol. The van der Waals surface area contributed by atoms with E-state index in [1.54, 1.807) is 0 Å². The number of rotatable bonds is 2. The summed E-state index contributed by atoms with van der Waals surface area (Å²) < 4.78 is 10.2. The van der Waals surface area contributed by atoms with Crippen LogP contribution in [0.5, 0.6) is 5.88 Å². The fourth-order valence-corrected chi connectivity index (χ4v) is 3.46. The van der Waals surface area contributed by atoms with Crippen molar-refractivity contribution in [3.05, 3.63) is 29.2 Å². The van der Waals surface area contributed by atoms with Crippen molar-refractivity contribution in [1.82, 2.24) is 24.9 Å². The van der Waals surface area contributed by atoms with Crippen LogP contribution in [0, 0.1) is 6.92 Å². The summed E-state index contributed by atoms with van der Waals surface area (Å²) in [5.74, 6) is 0.972. The molecule has 0 aliphatic carbocycles. The number of hydrogen-bond donors (Lipinski definition) is 1. The first-order valence-electron chi connectivity index (χ1n) is 8.24. The summed E-state index contributed by atoms with van der Waals surface area (Å²) in [5.41, 5.74) is 3.79. The molecule has 6 nitrogen and oxygen atoms in total. The van der Waals surface area contributed by atoms with Gasteiger partial charge in [0.05, 0.1) is 30.7 Å². The normalized spacial score (nSPS) is 21.4. The minimum Gasteiger partial charge on any atom is -0.478 e. The Morgan fingerprint density at radius 1 is 1.32 bits per heavy atom. The minimum absolute atomic E-state index is 0.374. The van der Waals surface area contributed by atoms with Crippen LogP contribution >= 0.6 is 0 Å². The van der Waals surface area contributed by atoms with Crippen LogP contribution in [-0.4, -0.2) is 32.7 Å². The van der Waals surface area contributed by atoms with Crippen LogP contribution in [0.15, 0.2) is 12.4 Å². The summed E-state index contributed by atoms with van der Waals surface area (Å²) in [5, 5.41) is 12.6. The maximum absolute atomic E-state index is 5.94. The van der Waals surface area contributed by atoms with Gasteiger partial charge in [-0.2, -0.15) is 10.2 Å². The standard InChI is InChI=1S/C16H23N5O/c1-12-9-19-21-14(4-5-17-11-15(12)21)8-13-10-18-20-6-2-3-7-22-16(13)20/h9-10,14,17H,2-8,11H2,1H3. The molecule has 0 amide bonds. The van der Waals surface area contributed by atoms with Gasteiger partial charge in [0.15, 0.2) is 0 Å². The molecule has 1 N–H and O–H groups in total. The molecule has 2 aliphatic rings. The molecule has 22 heavy (non-hydrogen) atoms. The quantitative estimate of drug-likeness (QED) is 0.919. The molecule has 2 aromatic heterocycles. The minimum atomic E-state index is 0.374. The topological polar surface area (TPSA) is 56.9 Å². The number of fused-ring (bicyclic) bond motifs is 2. The predicted molar refractivity (Wildman–Crippen MR) is 83.0 cm³/mol. The summed E-state index contributed by atoms with van der Waals surface area (Å²) in [6, 6.07) is 0.374. The molecule has 6 heteroatoms. The Morgan fingerprint density at radius 2 is 2.27 bits per heavy atom. The van der Waals surface area contributed by atoms with Gasteiger partial charge >= 0.3 is 0 Å². The number of nitrogens with zero attached hydrogens (tertiary/aromatic N) is 4. The van der Waals surface area contributed by atoms with Crippen LogP contribution in [0.2, 0.25) is 0 Å². The molecule has 0 fully saturated rings. The Morgan fingerprint density at radius 3 is 3.23 bits per heavy atom. The lowest BCUT2D eigenvalue weighted by Crippen LogP contribution is -2.16. The van der Waals surface area contributed by atoms with Gasteiger partial charge in [0.2, 0.25) is 5.88 Å². The Balaban J connectivity index is 1.62. The van der Waals surface area contributed by atoms with E-state index in [2.05, 4.69) is 27.1 Å². The largest absolute Gasteiger partial charge is 0.478 e. The lowest BCUT2D eigenvalue weighted by Gasteiger charge is -2.17. The van der Waals surface area contributed by atoms with Crippen molar-refractivity contribution < 1.29 is 4.74 Å². The molecule has 1 unspecified atom stereocenters. The lowest BCUT2D eigenvalue weighted by molar-refractivity contribution is 0.297. The van der Waals surface area contributed by atoms with Crippen molar-refractivity contribution in [3.8, 4) is 5.88 Å². The number of nitrogens with one attached hydrogen (secondary N) is 1. The maximum atomic E-state index is 5.94. The van der Waals surface area contributed by atoms with Crippen molar-refractivity contribution in [2.75, 3.05) is 13.2 Å². The number of aryl methyl sites for hydroxylation is 2. The van der Waals surface area contributed by atoms with Gasteiger partial charge in [0.25, 0.3) is 0 Å². The zero-order valence-corrected chi connectivity index (χ0v) is 13.1. The van der Waals surface area contributed by atoms with E-state index in [0.717, 1.165) is 57.8 Å². The molecule has 0 saturated carbocycles. The maximum Gasteiger partial charge on any atom is 0.215 e. The van der Waals surface area contributed by atoms with E-state index in [1.807, 2.05) is 17.1 Å². The Kier molecular flexibility index (Phi) is 3.62. The van der Waals surface area contributed by atoms with Crippen LogP contribution < -0.4 is 10.1 Å². The first-order valence-corrected chi connectivity index (χ1v) is 8.24. The molecule has 0 spiro atoms. The van der Waals surface area contributed by atoms with Gasteiger partial charge in [-0.05, 0) is 38.3 Å². The van der Waals surface area contributed by atoms with Crippen molar-refractivity contribution in [3.63, 3.8) is 0 Å². The molecule has 4 heterocycles. The van der Waals surface area contributed by atoms with Crippen LogP contribution in [-0.2, 0) is 19.5 Å². The van der Waals surface area contributed by atoms with E-state index in [0.29, 0.717) is 6.04 Å². The van der Waals surface area contributed by atoms with Crippen LogP contribution in [0.25, 0.3) is 0 Å². The van der Waals surface area contributed by atoms with Crippen molar-refractivity contribution in [1.29, 1.82) is 0 Å². The van der Waals surface area contributed by atoms with E-state index >= 15 is 0 Å². The molecular formula is C16H23N5O. The second-order valence-corrected chi connectivity index (χ2v) is 6.30. The van der Waals surface area contributed by atoms with Gasteiger partial charge < -0.3 is 10.1 Å². The number of aromatic nitrogens is 4. The fraction of sp³-hybridized carbons (Fsp3) is 0.625. The average Bonchev–Trinajstić information content (AvgIpc) is 2.90. The SMILES string of the molecule is Cc1cnn2c1CNCCC2Cc1cnn2c1OCCCC2. The number of ether oxygens (including phenoxy) is 1. The Bertz CT molecular complexity index is 660. The van der Waals surface area contributed by atoms with Gasteiger partial charge in [-0.3, -0.25) is 4.68 Å². The third kappa shape index (κ3) is 2.41. The Hall–Kier alpha value is -1.82. The van der Waals surface area contributed by atoms with E-state index in [-0.39, 0.29) is 0 Å². The van der Waals surface area contributed by atoms with E-state index < -0.39 is 0 Å². The fourth-order valence-electron chi connectivity index (χ4n) is 3.46. The monoisotopic (exact) mass is 301 g/mol. The van der Waals surface area contributed by atoms with Crippen molar-refractivity contribution in [2.45, 2.75) is 51.7 Å². The third-order valence-corrected chi connectivity index (χ3v) is 4.72. The molecule has 1 atom stereocenters. The second-order valence-electron chi connectivity index (χ2n) is 6.30. The highest BCUT2D eigenvalue weighted by Crippen LogP contribution is 2.29. The molecule has 0 radical (unpaired) electrons. The highest BCUT2D eigenvalue weighted by Gasteiger charge is 2.24. The summed E-state index contributed by atoms with van der Waals surface area (Å²) in [4.78, 5) is 0. The van der Waals surface area contributed by atoms with Crippen LogP contribution in [0.4, 0.5) is 0 Å². The van der Waals surface area contributed by atoms with Gasteiger partial charge in [0.1, 0.15) is 0 Å². The number of hydrogen-bond acceptors (Lipinski definition) is 4.